The molecule has 0 saturated carbocycles. The average molecular weight is 380 g/mol. The largest absolute Gasteiger partial charge is 0.503 e. The monoisotopic (exact) mass is 379 g/mol. The number of aryl methyl sites for hydroxylation is 1. The molecule has 0 aliphatic heterocycles. The van der Waals surface area contributed by atoms with Gasteiger partial charge in [0.2, 0.25) is 5.91 Å². The number of nitrogens with zero attached hydrogens (tertiary/aromatic N) is 3. The maximum Gasteiger partial charge on any atom is 0.258 e. The molecule has 25 heavy (non-hydrogen) atoms. The highest BCUT2D eigenvalue weighted by Gasteiger charge is 2.12. The van der Waals surface area contributed by atoms with E-state index in [9.17, 15) is 9.90 Å². The first-order chi connectivity index (χ1) is 12.0. The van der Waals surface area contributed by atoms with E-state index < -0.39 is 0 Å². The molecule has 0 bridgehead atoms. The van der Waals surface area contributed by atoms with E-state index in [2.05, 4.69) is 25.3 Å². The molecular formula is C15H14ClN5O3S. The van der Waals surface area contributed by atoms with Gasteiger partial charge in [0.1, 0.15) is 11.0 Å². The van der Waals surface area contributed by atoms with Crippen LogP contribution in [0, 0.1) is 6.92 Å². The van der Waals surface area contributed by atoms with Gasteiger partial charge in [-0.1, -0.05) is 23.4 Å². The standard InChI is InChI=1S/C15H14ClN5O3S/c1-7-12-8(5-17-13(7)16)18-15(21-12)25-6-11(23)19-10-4-3-9(22)14(20-10)24-2/h3-5,22H,6H2,1-2H3,(H,18,21)(H,19,20,23). The van der Waals surface area contributed by atoms with Crippen molar-refractivity contribution < 1.29 is 14.6 Å². The summed E-state index contributed by atoms with van der Waals surface area (Å²) in [7, 11) is 1.38. The Morgan fingerprint density at radius 3 is 3.00 bits per heavy atom. The number of halogens is 1. The van der Waals surface area contributed by atoms with Gasteiger partial charge in [-0.3, -0.25) is 4.79 Å². The van der Waals surface area contributed by atoms with Crippen molar-refractivity contribution in [2.45, 2.75) is 12.1 Å². The van der Waals surface area contributed by atoms with Gasteiger partial charge in [0.05, 0.1) is 30.1 Å². The second-order valence-electron chi connectivity index (χ2n) is 5.04. The topological polar surface area (TPSA) is 113 Å². The van der Waals surface area contributed by atoms with E-state index in [4.69, 9.17) is 16.3 Å². The summed E-state index contributed by atoms with van der Waals surface area (Å²) in [5.41, 5.74) is 2.27. The zero-order chi connectivity index (χ0) is 18.0. The number of hydrogen-bond donors (Lipinski definition) is 3. The number of ether oxygens (including phenoxy) is 1. The zero-order valence-corrected chi connectivity index (χ0v) is 14.9. The molecule has 1 amide bonds. The van der Waals surface area contributed by atoms with Crippen LogP contribution in [0.1, 0.15) is 5.56 Å². The fourth-order valence-corrected chi connectivity index (χ4v) is 2.91. The van der Waals surface area contributed by atoms with Crippen molar-refractivity contribution in [2.24, 2.45) is 0 Å². The lowest BCUT2D eigenvalue weighted by atomic mass is 10.3. The lowest BCUT2D eigenvalue weighted by Crippen LogP contribution is -2.15. The molecule has 8 nitrogen and oxygen atoms in total. The Morgan fingerprint density at radius 2 is 2.24 bits per heavy atom. The number of amides is 1. The summed E-state index contributed by atoms with van der Waals surface area (Å²) >= 11 is 7.22. The highest BCUT2D eigenvalue weighted by molar-refractivity contribution is 7.99. The van der Waals surface area contributed by atoms with E-state index in [0.29, 0.717) is 10.3 Å². The van der Waals surface area contributed by atoms with Crippen LogP contribution in [0.2, 0.25) is 5.15 Å². The Labute approximate surface area is 152 Å². The van der Waals surface area contributed by atoms with Crippen LogP contribution in [0.25, 0.3) is 11.0 Å². The summed E-state index contributed by atoms with van der Waals surface area (Å²) in [4.78, 5) is 27.6. The lowest BCUT2D eigenvalue weighted by molar-refractivity contribution is -0.113. The lowest BCUT2D eigenvalue weighted by Gasteiger charge is -2.06. The van der Waals surface area contributed by atoms with Gasteiger partial charge >= 0.3 is 0 Å². The first-order valence-electron chi connectivity index (χ1n) is 7.15. The molecule has 0 saturated heterocycles. The quantitative estimate of drug-likeness (QED) is 0.461. The van der Waals surface area contributed by atoms with Crippen LogP contribution in [0.4, 0.5) is 5.82 Å². The summed E-state index contributed by atoms with van der Waals surface area (Å²) in [6.45, 7) is 1.84. The summed E-state index contributed by atoms with van der Waals surface area (Å²) in [5.74, 6) is 0.0999. The van der Waals surface area contributed by atoms with Crippen LogP contribution in [-0.4, -0.2) is 43.8 Å². The van der Waals surface area contributed by atoms with Gasteiger partial charge < -0.3 is 20.1 Å². The number of aromatic hydroxyl groups is 1. The number of H-pyrrole nitrogens is 1. The molecule has 0 atom stereocenters. The van der Waals surface area contributed by atoms with Crippen molar-refractivity contribution in [1.82, 2.24) is 19.9 Å². The van der Waals surface area contributed by atoms with Gasteiger partial charge in [-0.15, -0.1) is 0 Å². The van der Waals surface area contributed by atoms with Crippen LogP contribution in [0.5, 0.6) is 11.6 Å². The molecular weight excluding hydrogens is 366 g/mol. The van der Waals surface area contributed by atoms with Crippen LogP contribution in [0.3, 0.4) is 0 Å². The van der Waals surface area contributed by atoms with Crippen molar-refractivity contribution in [2.75, 3.05) is 18.2 Å². The first kappa shape index (κ1) is 17.3. The van der Waals surface area contributed by atoms with Gasteiger partial charge in [-0.05, 0) is 19.1 Å². The third-order valence-corrected chi connectivity index (χ3v) is 4.58. The Bertz CT molecular complexity index is 946. The van der Waals surface area contributed by atoms with E-state index in [-0.39, 0.29) is 29.1 Å². The maximum atomic E-state index is 12.1. The number of imidazole rings is 1. The van der Waals surface area contributed by atoms with Gasteiger partial charge in [0.25, 0.3) is 5.88 Å². The number of carbonyl (C=O) groups is 1. The maximum absolute atomic E-state index is 12.1. The second kappa shape index (κ2) is 7.16. The van der Waals surface area contributed by atoms with Gasteiger partial charge in [0, 0.05) is 5.56 Å². The number of methoxy groups -OCH3 is 1. The molecule has 0 radical (unpaired) electrons. The number of fused-ring (bicyclic) bond motifs is 1. The Hall–Kier alpha value is -2.52. The summed E-state index contributed by atoms with van der Waals surface area (Å²) < 4.78 is 4.90. The SMILES string of the molecule is COc1nc(NC(=O)CSc2nc3c(C)c(Cl)ncc3[nH]2)ccc1O. The Morgan fingerprint density at radius 1 is 1.44 bits per heavy atom. The molecule has 3 aromatic heterocycles. The molecule has 3 N–H and O–H groups in total. The van der Waals surface area contributed by atoms with E-state index >= 15 is 0 Å². The minimum atomic E-state index is -0.265. The third kappa shape index (κ3) is 3.77. The second-order valence-corrected chi connectivity index (χ2v) is 6.36. The van der Waals surface area contributed by atoms with Crippen molar-refractivity contribution in [1.29, 1.82) is 0 Å². The number of hydrogen-bond acceptors (Lipinski definition) is 7. The molecule has 0 aliphatic rings. The fourth-order valence-electron chi connectivity index (χ4n) is 2.09. The number of carbonyl (C=O) groups excluding carboxylic acids is 1. The van der Waals surface area contributed by atoms with Gasteiger partial charge in [0.15, 0.2) is 10.9 Å². The van der Waals surface area contributed by atoms with Gasteiger partial charge in [-0.25, -0.2) is 9.97 Å². The first-order valence-corrected chi connectivity index (χ1v) is 8.51. The van der Waals surface area contributed by atoms with Crippen molar-refractivity contribution in [3.63, 3.8) is 0 Å². The number of rotatable bonds is 5. The van der Waals surface area contributed by atoms with Crippen LogP contribution in [0.15, 0.2) is 23.5 Å². The molecule has 130 valence electrons. The molecule has 0 fully saturated rings. The Balaban J connectivity index is 1.65. The smallest absolute Gasteiger partial charge is 0.258 e. The van der Waals surface area contributed by atoms with E-state index in [1.807, 2.05) is 6.92 Å². The van der Waals surface area contributed by atoms with Crippen LogP contribution in [-0.2, 0) is 4.79 Å². The summed E-state index contributed by atoms with van der Waals surface area (Å²) in [6, 6.07) is 2.88. The molecule has 0 unspecified atom stereocenters. The van der Waals surface area contributed by atoms with E-state index in [1.54, 1.807) is 6.20 Å². The molecule has 10 heteroatoms. The van der Waals surface area contributed by atoms with E-state index in [0.717, 1.165) is 16.6 Å². The van der Waals surface area contributed by atoms with Crippen LogP contribution >= 0.6 is 23.4 Å². The normalized spacial score (nSPS) is 10.8. The predicted molar refractivity (Wildman–Crippen MR) is 95.4 cm³/mol. The highest BCUT2D eigenvalue weighted by atomic mass is 35.5. The number of aromatic amines is 1. The van der Waals surface area contributed by atoms with Crippen molar-refractivity contribution in [3.05, 3.63) is 29.0 Å². The predicted octanol–water partition coefficient (Wildman–Crippen LogP) is 2.76. The molecule has 3 heterocycles. The fraction of sp³-hybridized carbons (Fsp3) is 0.200. The minimum absolute atomic E-state index is 0.0441. The number of anilines is 1. The van der Waals surface area contributed by atoms with E-state index in [1.165, 1.54) is 31.0 Å². The highest BCUT2D eigenvalue weighted by Crippen LogP contribution is 2.26. The van der Waals surface area contributed by atoms with Crippen molar-refractivity contribution >= 4 is 46.1 Å². The number of aromatic nitrogens is 4. The number of thioether (sulfide) groups is 1. The number of nitrogens with one attached hydrogen (secondary N) is 2. The third-order valence-electron chi connectivity index (χ3n) is 3.32. The van der Waals surface area contributed by atoms with Crippen LogP contribution < -0.4 is 10.1 Å². The summed E-state index contributed by atoms with van der Waals surface area (Å²) in [6.07, 6.45) is 1.61. The zero-order valence-electron chi connectivity index (χ0n) is 13.3. The van der Waals surface area contributed by atoms with Crippen molar-refractivity contribution in [3.8, 4) is 11.6 Å². The van der Waals surface area contributed by atoms with Gasteiger partial charge in [-0.2, -0.15) is 4.98 Å². The average Bonchev–Trinajstić information content (AvgIpc) is 3.02. The molecule has 3 aromatic rings. The molecule has 0 aromatic carbocycles. The minimum Gasteiger partial charge on any atom is -0.503 e. The molecule has 0 aliphatic carbocycles. The molecule has 3 rings (SSSR count). The molecule has 0 spiro atoms. The Kier molecular flexibility index (Phi) is 4.95. The number of pyridine rings is 2. The summed E-state index contributed by atoms with van der Waals surface area (Å²) in [5, 5.41) is 13.1.